The molecular weight excluding hydrogens is 450 g/mol. The van der Waals surface area contributed by atoms with E-state index in [0.29, 0.717) is 24.7 Å². The van der Waals surface area contributed by atoms with E-state index in [1.54, 1.807) is 24.0 Å². The Balaban J connectivity index is 0.00000312. The molecule has 2 rings (SSSR count). The van der Waals surface area contributed by atoms with Crippen LogP contribution in [0.2, 0.25) is 0 Å². The zero-order valence-electron chi connectivity index (χ0n) is 14.7. The number of hydrogen-bond acceptors (Lipinski definition) is 3. The van der Waals surface area contributed by atoms with Crippen LogP contribution in [0.15, 0.2) is 46.4 Å². The van der Waals surface area contributed by atoms with Gasteiger partial charge in [-0.25, -0.2) is 9.38 Å². The first kappa shape index (κ1) is 21.7. The molecule has 25 heavy (non-hydrogen) atoms. The zero-order chi connectivity index (χ0) is 17.4. The van der Waals surface area contributed by atoms with Gasteiger partial charge in [0.25, 0.3) is 0 Å². The average Bonchev–Trinajstić information content (AvgIpc) is 2.59. The molecule has 0 saturated heterocycles. The summed E-state index contributed by atoms with van der Waals surface area (Å²) in [7, 11) is 0. The van der Waals surface area contributed by atoms with E-state index in [9.17, 15) is 4.39 Å². The van der Waals surface area contributed by atoms with Gasteiger partial charge in [0.1, 0.15) is 5.82 Å². The number of aromatic nitrogens is 1. The molecular formula is C18H24FIN4S. The number of pyridine rings is 1. The summed E-state index contributed by atoms with van der Waals surface area (Å²) in [5.41, 5.74) is 2.79. The first-order valence-electron chi connectivity index (χ1n) is 7.89. The van der Waals surface area contributed by atoms with Crippen LogP contribution in [0, 0.1) is 12.7 Å². The summed E-state index contributed by atoms with van der Waals surface area (Å²) < 4.78 is 13.6. The number of thioether (sulfide) groups is 1. The largest absolute Gasteiger partial charge is 0.357 e. The number of rotatable bonds is 6. The highest BCUT2D eigenvalue weighted by Crippen LogP contribution is 2.22. The Labute approximate surface area is 170 Å². The van der Waals surface area contributed by atoms with Crippen LogP contribution in [0.25, 0.3) is 0 Å². The van der Waals surface area contributed by atoms with Crippen LogP contribution in [-0.2, 0) is 13.1 Å². The molecule has 0 aliphatic carbocycles. The Morgan fingerprint density at radius 2 is 2.08 bits per heavy atom. The molecule has 1 aromatic carbocycles. The van der Waals surface area contributed by atoms with Crippen molar-refractivity contribution < 1.29 is 4.39 Å². The summed E-state index contributed by atoms with van der Waals surface area (Å²) >= 11 is 1.72. The van der Waals surface area contributed by atoms with Gasteiger partial charge in [0.15, 0.2) is 5.96 Å². The summed E-state index contributed by atoms with van der Waals surface area (Å²) in [6.45, 7) is 5.68. The maximum Gasteiger partial charge on any atom is 0.191 e. The van der Waals surface area contributed by atoms with Crippen molar-refractivity contribution >= 4 is 41.7 Å². The Bertz CT molecular complexity index is 709. The molecule has 7 heteroatoms. The SMILES string of the molecule is CCNC(=NCc1ccc(C)cc1SC)NCc1ncccc1F.I. The Morgan fingerprint density at radius 3 is 2.76 bits per heavy atom. The molecule has 0 amide bonds. The smallest absolute Gasteiger partial charge is 0.191 e. The van der Waals surface area contributed by atoms with Crippen molar-refractivity contribution in [2.24, 2.45) is 4.99 Å². The molecule has 0 unspecified atom stereocenters. The van der Waals surface area contributed by atoms with Gasteiger partial charge in [0, 0.05) is 17.6 Å². The maximum atomic E-state index is 13.6. The van der Waals surface area contributed by atoms with E-state index in [4.69, 9.17) is 0 Å². The number of guanidine groups is 1. The molecule has 0 aliphatic rings. The van der Waals surface area contributed by atoms with Crippen LogP contribution in [0.1, 0.15) is 23.7 Å². The summed E-state index contributed by atoms with van der Waals surface area (Å²) in [5.74, 6) is 0.333. The van der Waals surface area contributed by atoms with E-state index in [2.05, 4.69) is 52.0 Å². The number of nitrogens with one attached hydrogen (secondary N) is 2. The van der Waals surface area contributed by atoms with Crippen molar-refractivity contribution in [2.45, 2.75) is 31.8 Å². The number of halogens is 2. The van der Waals surface area contributed by atoms with Gasteiger partial charge < -0.3 is 10.6 Å². The van der Waals surface area contributed by atoms with E-state index >= 15 is 0 Å². The number of hydrogen-bond donors (Lipinski definition) is 2. The predicted octanol–water partition coefficient (Wildman–Crippen LogP) is 4.12. The third-order valence-electron chi connectivity index (χ3n) is 3.45. The number of benzene rings is 1. The van der Waals surface area contributed by atoms with Crippen LogP contribution in [0.5, 0.6) is 0 Å². The topological polar surface area (TPSA) is 49.3 Å². The maximum absolute atomic E-state index is 13.6. The molecule has 4 nitrogen and oxygen atoms in total. The molecule has 0 radical (unpaired) electrons. The molecule has 0 spiro atoms. The molecule has 1 heterocycles. The highest BCUT2D eigenvalue weighted by Gasteiger charge is 2.05. The minimum atomic E-state index is -0.316. The monoisotopic (exact) mass is 474 g/mol. The van der Waals surface area contributed by atoms with Crippen molar-refractivity contribution in [1.29, 1.82) is 0 Å². The predicted molar refractivity (Wildman–Crippen MR) is 114 cm³/mol. The van der Waals surface area contributed by atoms with Crippen LogP contribution in [0.4, 0.5) is 4.39 Å². The van der Waals surface area contributed by atoms with Gasteiger partial charge >= 0.3 is 0 Å². The lowest BCUT2D eigenvalue weighted by molar-refractivity contribution is 0.592. The van der Waals surface area contributed by atoms with Crippen molar-refractivity contribution in [3.63, 3.8) is 0 Å². The van der Waals surface area contributed by atoms with E-state index in [1.165, 1.54) is 22.1 Å². The first-order chi connectivity index (χ1) is 11.6. The molecule has 2 aromatic rings. The summed E-state index contributed by atoms with van der Waals surface area (Å²) in [4.78, 5) is 9.87. The van der Waals surface area contributed by atoms with Gasteiger partial charge in [-0.05, 0) is 49.4 Å². The lowest BCUT2D eigenvalue weighted by atomic mass is 10.1. The first-order valence-corrected chi connectivity index (χ1v) is 9.11. The standard InChI is InChI=1S/C18H23FN4S.HI/c1-4-20-18(23-12-16-15(19)6-5-9-21-16)22-11-14-8-7-13(2)10-17(14)24-3;/h5-10H,4,11-12H2,1-3H3,(H2,20,22,23);1H. The normalized spacial score (nSPS) is 11.0. The van der Waals surface area contributed by atoms with Crippen LogP contribution in [0.3, 0.4) is 0 Å². The molecule has 2 N–H and O–H groups in total. The second kappa shape index (κ2) is 11.3. The van der Waals surface area contributed by atoms with Gasteiger partial charge in [-0.3, -0.25) is 4.98 Å². The minimum Gasteiger partial charge on any atom is -0.357 e. The summed E-state index contributed by atoms with van der Waals surface area (Å²) in [5, 5.41) is 6.30. The highest BCUT2D eigenvalue weighted by atomic mass is 127. The Morgan fingerprint density at radius 1 is 1.28 bits per heavy atom. The third-order valence-corrected chi connectivity index (χ3v) is 4.27. The minimum absolute atomic E-state index is 0. The van der Waals surface area contributed by atoms with Crippen LogP contribution < -0.4 is 10.6 Å². The molecule has 1 aromatic heterocycles. The fourth-order valence-corrected chi connectivity index (χ4v) is 2.90. The lowest BCUT2D eigenvalue weighted by Gasteiger charge is -2.12. The fraction of sp³-hybridized carbons (Fsp3) is 0.333. The van der Waals surface area contributed by atoms with E-state index in [-0.39, 0.29) is 29.8 Å². The molecule has 0 aliphatic heterocycles. The Kier molecular flexibility index (Phi) is 9.81. The van der Waals surface area contributed by atoms with E-state index < -0.39 is 0 Å². The van der Waals surface area contributed by atoms with Crippen LogP contribution >= 0.6 is 35.7 Å². The number of nitrogens with zero attached hydrogens (tertiary/aromatic N) is 2. The average molecular weight is 474 g/mol. The van der Waals surface area contributed by atoms with Gasteiger partial charge in [-0.1, -0.05) is 12.1 Å². The van der Waals surface area contributed by atoms with E-state index in [0.717, 1.165) is 6.54 Å². The van der Waals surface area contributed by atoms with Crippen molar-refractivity contribution in [3.05, 3.63) is 59.2 Å². The Hall–Kier alpha value is -1.35. The van der Waals surface area contributed by atoms with Gasteiger partial charge in [-0.2, -0.15) is 0 Å². The fourth-order valence-electron chi connectivity index (χ4n) is 2.20. The summed E-state index contributed by atoms with van der Waals surface area (Å²) in [6, 6.07) is 9.35. The van der Waals surface area contributed by atoms with Gasteiger partial charge in [0.05, 0.1) is 18.8 Å². The molecule has 0 bridgehead atoms. The number of aryl methyl sites for hydroxylation is 1. The molecule has 0 saturated carbocycles. The van der Waals surface area contributed by atoms with Gasteiger partial charge in [0.2, 0.25) is 0 Å². The zero-order valence-corrected chi connectivity index (χ0v) is 17.8. The molecule has 0 atom stereocenters. The van der Waals surface area contributed by atoms with Crippen molar-refractivity contribution in [2.75, 3.05) is 12.8 Å². The molecule has 0 fully saturated rings. The highest BCUT2D eigenvalue weighted by molar-refractivity contribution is 14.0. The van der Waals surface area contributed by atoms with Crippen LogP contribution in [-0.4, -0.2) is 23.7 Å². The molecule has 136 valence electrons. The second-order valence-electron chi connectivity index (χ2n) is 5.30. The number of aliphatic imine (C=N–C) groups is 1. The van der Waals surface area contributed by atoms with Gasteiger partial charge in [-0.15, -0.1) is 35.7 Å². The summed E-state index contributed by atoms with van der Waals surface area (Å²) in [6.07, 6.45) is 3.65. The van der Waals surface area contributed by atoms with E-state index in [1.807, 2.05) is 6.92 Å². The third kappa shape index (κ3) is 6.81. The lowest BCUT2D eigenvalue weighted by Crippen LogP contribution is -2.37. The van der Waals surface area contributed by atoms with Crippen molar-refractivity contribution in [3.8, 4) is 0 Å². The quantitative estimate of drug-likeness (QED) is 0.286. The van der Waals surface area contributed by atoms with Crippen molar-refractivity contribution in [1.82, 2.24) is 15.6 Å². The second-order valence-corrected chi connectivity index (χ2v) is 6.14.